The third-order valence-corrected chi connectivity index (χ3v) is 2.37. The maximum atomic E-state index is 10.3. The van der Waals surface area contributed by atoms with Crippen molar-refractivity contribution in [3.63, 3.8) is 0 Å². The molecule has 0 radical (unpaired) electrons. The molecule has 0 heterocycles. The number of aromatic carboxylic acids is 2. The first-order valence-corrected chi connectivity index (χ1v) is 6.71. The van der Waals surface area contributed by atoms with Crippen LogP contribution in [0.5, 0.6) is 0 Å². The minimum Gasteiger partial charge on any atom is -0.478 e. The molecule has 0 aliphatic carbocycles. The van der Waals surface area contributed by atoms with Crippen molar-refractivity contribution in [3.8, 4) is 0 Å². The largest absolute Gasteiger partial charge is 0.478 e. The molecule has 0 aliphatic rings. The summed E-state index contributed by atoms with van der Waals surface area (Å²) >= 11 is 0. The SMILES string of the molecule is Nc1cccc(C(=O)O)c1.Nc1cccc(C(=O)O)c1.OCCO. The van der Waals surface area contributed by atoms with E-state index < -0.39 is 11.9 Å². The van der Waals surface area contributed by atoms with E-state index in [4.69, 9.17) is 31.9 Å². The molecule has 8 nitrogen and oxygen atoms in total. The summed E-state index contributed by atoms with van der Waals surface area (Å²) in [6.07, 6.45) is 0. The van der Waals surface area contributed by atoms with Gasteiger partial charge in [0.25, 0.3) is 0 Å². The molecule has 0 atom stereocenters. The minimum absolute atomic E-state index is 0.125. The first-order chi connectivity index (χ1) is 11.3. The Kier molecular flexibility index (Phi) is 9.98. The van der Waals surface area contributed by atoms with Gasteiger partial charge in [-0.1, -0.05) is 12.1 Å². The lowest BCUT2D eigenvalue weighted by Crippen LogP contribution is -1.96. The molecule has 2 aromatic carbocycles. The van der Waals surface area contributed by atoms with Crippen molar-refractivity contribution in [2.75, 3.05) is 24.7 Å². The summed E-state index contributed by atoms with van der Waals surface area (Å²) in [6.45, 7) is -0.250. The molecule has 0 saturated carbocycles. The molecule has 0 aliphatic heterocycles. The smallest absolute Gasteiger partial charge is 0.335 e. The fraction of sp³-hybridized carbons (Fsp3) is 0.125. The Morgan fingerprint density at radius 2 is 1.08 bits per heavy atom. The van der Waals surface area contributed by atoms with Crippen LogP contribution < -0.4 is 11.5 Å². The van der Waals surface area contributed by atoms with Crippen molar-refractivity contribution in [3.05, 3.63) is 59.7 Å². The van der Waals surface area contributed by atoms with Gasteiger partial charge >= 0.3 is 11.9 Å². The van der Waals surface area contributed by atoms with Gasteiger partial charge in [0.2, 0.25) is 0 Å². The molecule has 2 aromatic rings. The van der Waals surface area contributed by atoms with Crippen molar-refractivity contribution in [2.24, 2.45) is 0 Å². The summed E-state index contributed by atoms with van der Waals surface area (Å²) in [7, 11) is 0. The van der Waals surface area contributed by atoms with E-state index >= 15 is 0 Å². The van der Waals surface area contributed by atoms with E-state index in [1.54, 1.807) is 24.3 Å². The number of anilines is 2. The Bertz CT molecular complexity index is 603. The van der Waals surface area contributed by atoms with Gasteiger partial charge in [-0.2, -0.15) is 0 Å². The zero-order chi connectivity index (χ0) is 18.5. The molecule has 0 bridgehead atoms. The molecule has 24 heavy (non-hydrogen) atoms. The third kappa shape index (κ3) is 9.03. The molecule has 8 N–H and O–H groups in total. The molecule has 0 unspecified atom stereocenters. The summed E-state index contributed by atoms with van der Waals surface area (Å²) in [5, 5.41) is 32.2. The quantitative estimate of drug-likeness (QED) is 0.449. The molecule has 0 spiro atoms. The van der Waals surface area contributed by atoms with Crippen LogP contribution in [0, 0.1) is 0 Å². The van der Waals surface area contributed by atoms with E-state index in [2.05, 4.69) is 0 Å². The molecule has 8 heteroatoms. The van der Waals surface area contributed by atoms with Gasteiger partial charge in [-0.3, -0.25) is 0 Å². The Labute approximate surface area is 138 Å². The highest BCUT2D eigenvalue weighted by atomic mass is 16.4. The summed E-state index contributed by atoms with van der Waals surface area (Å²) in [5.74, 6) is -1.90. The summed E-state index contributed by atoms with van der Waals surface area (Å²) in [6, 6.07) is 12.3. The molecule has 0 aromatic heterocycles. The highest BCUT2D eigenvalue weighted by molar-refractivity contribution is 5.89. The van der Waals surface area contributed by atoms with Crippen LogP contribution in [-0.4, -0.2) is 45.6 Å². The zero-order valence-electron chi connectivity index (χ0n) is 12.8. The van der Waals surface area contributed by atoms with Crippen LogP contribution in [0.1, 0.15) is 20.7 Å². The maximum Gasteiger partial charge on any atom is 0.335 e. The van der Waals surface area contributed by atoms with Gasteiger partial charge in [0.15, 0.2) is 0 Å². The van der Waals surface area contributed by atoms with Crippen molar-refractivity contribution in [1.82, 2.24) is 0 Å². The second kappa shape index (κ2) is 11.5. The standard InChI is InChI=1S/2C7H7NO2.C2H6O2/c2*8-6-3-1-2-5(4-6)7(9)10;3-1-2-4/h2*1-4H,8H2,(H,9,10);3-4H,1-2H2. The number of aliphatic hydroxyl groups excluding tert-OH is 2. The number of benzene rings is 2. The van der Waals surface area contributed by atoms with Crippen LogP contribution in [0.2, 0.25) is 0 Å². The highest BCUT2D eigenvalue weighted by Crippen LogP contribution is 2.06. The lowest BCUT2D eigenvalue weighted by molar-refractivity contribution is 0.0686. The summed E-state index contributed by atoms with van der Waals surface area (Å²) < 4.78 is 0. The van der Waals surface area contributed by atoms with E-state index in [1.165, 1.54) is 24.3 Å². The number of hydrogen-bond donors (Lipinski definition) is 6. The van der Waals surface area contributed by atoms with E-state index in [0.717, 1.165) is 0 Å². The van der Waals surface area contributed by atoms with E-state index in [-0.39, 0.29) is 24.3 Å². The first kappa shape index (κ1) is 20.9. The van der Waals surface area contributed by atoms with Crippen molar-refractivity contribution in [2.45, 2.75) is 0 Å². The summed E-state index contributed by atoms with van der Waals surface area (Å²) in [4.78, 5) is 20.6. The fourth-order valence-electron chi connectivity index (χ4n) is 1.34. The van der Waals surface area contributed by atoms with E-state index in [1.807, 2.05) is 0 Å². The predicted molar refractivity (Wildman–Crippen MR) is 89.8 cm³/mol. The lowest BCUT2D eigenvalue weighted by Gasteiger charge is -1.93. The topological polar surface area (TPSA) is 167 Å². The number of carboxylic acids is 2. The van der Waals surface area contributed by atoms with Crippen LogP contribution in [0.3, 0.4) is 0 Å². The Morgan fingerprint density at radius 1 is 0.750 bits per heavy atom. The molecule has 130 valence electrons. The highest BCUT2D eigenvalue weighted by Gasteiger charge is 2.00. The van der Waals surface area contributed by atoms with Gasteiger partial charge in [-0.05, 0) is 36.4 Å². The molecule has 2 rings (SSSR count). The number of carboxylic acid groups (broad SMARTS) is 2. The molecular weight excluding hydrogens is 316 g/mol. The number of nitrogen functional groups attached to an aromatic ring is 2. The van der Waals surface area contributed by atoms with Crippen LogP contribution >= 0.6 is 0 Å². The first-order valence-electron chi connectivity index (χ1n) is 6.71. The fourth-order valence-corrected chi connectivity index (χ4v) is 1.34. The number of carbonyl (C=O) groups is 2. The van der Waals surface area contributed by atoms with E-state index in [0.29, 0.717) is 11.4 Å². The van der Waals surface area contributed by atoms with Crippen molar-refractivity contribution in [1.29, 1.82) is 0 Å². The Morgan fingerprint density at radius 3 is 1.25 bits per heavy atom. The van der Waals surface area contributed by atoms with Gasteiger partial charge in [0.1, 0.15) is 0 Å². The molecular formula is C16H20N2O6. The van der Waals surface area contributed by atoms with Gasteiger partial charge in [-0.15, -0.1) is 0 Å². The molecule has 0 saturated heterocycles. The average Bonchev–Trinajstić information content (AvgIpc) is 2.55. The Hall–Kier alpha value is -3.10. The predicted octanol–water partition coefficient (Wildman–Crippen LogP) is 0.905. The molecule has 0 fully saturated rings. The number of hydrogen-bond acceptors (Lipinski definition) is 6. The monoisotopic (exact) mass is 336 g/mol. The summed E-state index contributed by atoms with van der Waals surface area (Å²) in [5.41, 5.74) is 12.1. The average molecular weight is 336 g/mol. The zero-order valence-corrected chi connectivity index (χ0v) is 12.8. The second-order valence-electron chi connectivity index (χ2n) is 4.31. The van der Waals surface area contributed by atoms with E-state index in [9.17, 15) is 9.59 Å². The number of aliphatic hydroxyl groups is 2. The lowest BCUT2D eigenvalue weighted by atomic mass is 10.2. The van der Waals surface area contributed by atoms with Crippen LogP contribution in [0.15, 0.2) is 48.5 Å². The third-order valence-electron chi connectivity index (χ3n) is 2.37. The van der Waals surface area contributed by atoms with Crippen LogP contribution in [0.4, 0.5) is 11.4 Å². The van der Waals surface area contributed by atoms with Crippen molar-refractivity contribution < 1.29 is 30.0 Å². The Balaban J connectivity index is 0.000000363. The second-order valence-corrected chi connectivity index (χ2v) is 4.31. The maximum absolute atomic E-state index is 10.3. The van der Waals surface area contributed by atoms with Gasteiger partial charge in [0, 0.05) is 11.4 Å². The number of nitrogens with two attached hydrogens (primary N) is 2. The van der Waals surface area contributed by atoms with Gasteiger partial charge in [-0.25, -0.2) is 9.59 Å². The number of rotatable bonds is 3. The van der Waals surface area contributed by atoms with Crippen molar-refractivity contribution >= 4 is 23.3 Å². The van der Waals surface area contributed by atoms with Crippen LogP contribution in [-0.2, 0) is 0 Å². The minimum atomic E-state index is -0.952. The molecule has 0 amide bonds. The van der Waals surface area contributed by atoms with Gasteiger partial charge < -0.3 is 31.9 Å². The van der Waals surface area contributed by atoms with Crippen LogP contribution in [0.25, 0.3) is 0 Å². The van der Waals surface area contributed by atoms with Gasteiger partial charge in [0.05, 0.1) is 24.3 Å². The normalized spacial score (nSPS) is 8.92.